The Balaban J connectivity index is 2.06. The number of anilines is 1. The fourth-order valence-electron chi connectivity index (χ4n) is 1.77. The highest BCUT2D eigenvalue weighted by Gasteiger charge is 2.05. The molecule has 0 radical (unpaired) electrons. The molecule has 2 rings (SSSR count). The van der Waals surface area contributed by atoms with Crippen LogP contribution in [-0.4, -0.2) is 6.26 Å². The van der Waals surface area contributed by atoms with Crippen molar-refractivity contribution in [2.75, 3.05) is 11.6 Å². The zero-order chi connectivity index (χ0) is 13.0. The molecular formula is C15H16ClNS. The summed E-state index contributed by atoms with van der Waals surface area (Å²) in [6.45, 7) is 2.16. The van der Waals surface area contributed by atoms with E-state index < -0.39 is 0 Å². The molecule has 18 heavy (non-hydrogen) atoms. The molecule has 0 spiro atoms. The molecule has 0 aliphatic carbocycles. The van der Waals surface area contributed by atoms with Gasteiger partial charge in [-0.2, -0.15) is 0 Å². The molecule has 0 aliphatic rings. The smallest absolute Gasteiger partial charge is 0.0485 e. The average molecular weight is 278 g/mol. The van der Waals surface area contributed by atoms with Gasteiger partial charge in [0.1, 0.15) is 0 Å². The first kappa shape index (κ1) is 13.3. The lowest BCUT2D eigenvalue weighted by molar-refractivity contribution is 0.883. The first-order chi connectivity index (χ1) is 8.69. The minimum atomic E-state index is 0.280. The fourth-order valence-corrected chi connectivity index (χ4v) is 2.31. The van der Waals surface area contributed by atoms with Gasteiger partial charge >= 0.3 is 0 Å². The van der Waals surface area contributed by atoms with Crippen LogP contribution in [0.5, 0.6) is 0 Å². The third-order valence-corrected chi connectivity index (χ3v) is 3.84. The average Bonchev–Trinajstić information content (AvgIpc) is 2.41. The Morgan fingerprint density at radius 3 is 2.17 bits per heavy atom. The fraction of sp³-hybridized carbons (Fsp3) is 0.200. The second-order valence-electron chi connectivity index (χ2n) is 4.15. The first-order valence-corrected chi connectivity index (χ1v) is 7.45. The molecule has 0 aliphatic heterocycles. The highest BCUT2D eigenvalue weighted by atomic mass is 35.5. The number of halogens is 1. The summed E-state index contributed by atoms with van der Waals surface area (Å²) >= 11 is 7.63. The van der Waals surface area contributed by atoms with E-state index in [1.807, 2.05) is 24.3 Å². The highest BCUT2D eigenvalue weighted by molar-refractivity contribution is 7.98. The van der Waals surface area contributed by atoms with Gasteiger partial charge in [-0.25, -0.2) is 0 Å². The zero-order valence-electron chi connectivity index (χ0n) is 10.5. The quantitative estimate of drug-likeness (QED) is 0.768. The van der Waals surface area contributed by atoms with Crippen LogP contribution < -0.4 is 5.32 Å². The minimum absolute atomic E-state index is 0.280. The minimum Gasteiger partial charge on any atom is -0.379 e. The van der Waals surface area contributed by atoms with Crippen LogP contribution >= 0.6 is 23.4 Å². The second-order valence-corrected chi connectivity index (χ2v) is 5.46. The third-order valence-electron chi connectivity index (χ3n) is 2.84. The highest BCUT2D eigenvalue weighted by Crippen LogP contribution is 2.23. The van der Waals surface area contributed by atoms with Crippen LogP contribution in [-0.2, 0) is 0 Å². The number of hydrogen-bond donors (Lipinski definition) is 1. The monoisotopic (exact) mass is 277 g/mol. The van der Waals surface area contributed by atoms with E-state index in [1.165, 1.54) is 10.5 Å². The summed E-state index contributed by atoms with van der Waals surface area (Å²) in [5.74, 6) is 0. The SMILES string of the molecule is CSc1ccc(C(C)Nc2ccc(Cl)cc2)cc1. The van der Waals surface area contributed by atoms with Crippen molar-refractivity contribution in [1.82, 2.24) is 0 Å². The van der Waals surface area contributed by atoms with Gasteiger partial charge < -0.3 is 5.32 Å². The Hall–Kier alpha value is -1.12. The van der Waals surface area contributed by atoms with E-state index in [-0.39, 0.29) is 6.04 Å². The normalized spacial score (nSPS) is 12.2. The van der Waals surface area contributed by atoms with Crippen molar-refractivity contribution >= 4 is 29.1 Å². The maximum atomic E-state index is 5.87. The molecule has 3 heteroatoms. The summed E-state index contributed by atoms with van der Waals surface area (Å²) in [5.41, 5.74) is 2.36. The van der Waals surface area contributed by atoms with E-state index >= 15 is 0 Å². The number of rotatable bonds is 4. The molecule has 2 aromatic carbocycles. The third kappa shape index (κ3) is 3.44. The van der Waals surface area contributed by atoms with E-state index in [0.29, 0.717) is 0 Å². The summed E-state index contributed by atoms with van der Waals surface area (Å²) in [6, 6.07) is 16.7. The van der Waals surface area contributed by atoms with Crippen molar-refractivity contribution in [3.63, 3.8) is 0 Å². The van der Waals surface area contributed by atoms with E-state index in [9.17, 15) is 0 Å². The van der Waals surface area contributed by atoms with Gasteiger partial charge in [-0.15, -0.1) is 11.8 Å². The van der Waals surface area contributed by atoms with E-state index in [0.717, 1.165) is 10.7 Å². The molecule has 1 atom stereocenters. The molecule has 0 amide bonds. The lowest BCUT2D eigenvalue weighted by Gasteiger charge is -2.16. The van der Waals surface area contributed by atoms with E-state index in [2.05, 4.69) is 42.8 Å². The van der Waals surface area contributed by atoms with Crippen LogP contribution in [0.4, 0.5) is 5.69 Å². The molecule has 0 saturated heterocycles. The Morgan fingerprint density at radius 2 is 1.61 bits per heavy atom. The van der Waals surface area contributed by atoms with Crippen LogP contribution in [0.25, 0.3) is 0 Å². The van der Waals surface area contributed by atoms with Gasteiger partial charge in [0.2, 0.25) is 0 Å². The molecule has 0 fully saturated rings. The predicted molar refractivity (Wildman–Crippen MR) is 81.7 cm³/mol. The standard InChI is InChI=1S/C15H16ClNS/c1-11(12-3-9-15(18-2)10-4-12)17-14-7-5-13(16)6-8-14/h3-11,17H,1-2H3. The Morgan fingerprint density at radius 1 is 1.00 bits per heavy atom. The van der Waals surface area contributed by atoms with Gasteiger partial charge in [0.15, 0.2) is 0 Å². The van der Waals surface area contributed by atoms with Gasteiger partial charge in [-0.05, 0) is 55.1 Å². The first-order valence-electron chi connectivity index (χ1n) is 5.85. The number of thioether (sulfide) groups is 1. The molecule has 94 valence electrons. The summed E-state index contributed by atoms with van der Waals surface area (Å²) < 4.78 is 0. The maximum absolute atomic E-state index is 5.87. The maximum Gasteiger partial charge on any atom is 0.0485 e. The topological polar surface area (TPSA) is 12.0 Å². The lowest BCUT2D eigenvalue weighted by Crippen LogP contribution is -2.06. The predicted octanol–water partition coefficient (Wildman–Crippen LogP) is 5.24. The van der Waals surface area contributed by atoms with Gasteiger partial charge in [0.05, 0.1) is 0 Å². The van der Waals surface area contributed by atoms with Crippen molar-refractivity contribution < 1.29 is 0 Å². The molecule has 1 N–H and O–H groups in total. The number of benzene rings is 2. The molecule has 0 saturated carbocycles. The van der Waals surface area contributed by atoms with Gasteiger partial charge in [0, 0.05) is 21.6 Å². The van der Waals surface area contributed by atoms with E-state index in [1.54, 1.807) is 11.8 Å². The van der Waals surface area contributed by atoms with Gasteiger partial charge in [-0.3, -0.25) is 0 Å². The van der Waals surface area contributed by atoms with Crippen LogP contribution in [0, 0.1) is 0 Å². The molecule has 2 aromatic rings. The summed E-state index contributed by atoms with van der Waals surface area (Å²) in [5, 5.41) is 4.22. The molecular weight excluding hydrogens is 262 g/mol. The van der Waals surface area contributed by atoms with Crippen LogP contribution in [0.3, 0.4) is 0 Å². The second kappa shape index (κ2) is 6.17. The van der Waals surface area contributed by atoms with Crippen LogP contribution in [0.1, 0.15) is 18.5 Å². The van der Waals surface area contributed by atoms with Gasteiger partial charge in [-0.1, -0.05) is 23.7 Å². The van der Waals surface area contributed by atoms with Crippen molar-refractivity contribution in [2.45, 2.75) is 17.9 Å². The van der Waals surface area contributed by atoms with Gasteiger partial charge in [0.25, 0.3) is 0 Å². The lowest BCUT2D eigenvalue weighted by atomic mass is 10.1. The summed E-state index contributed by atoms with van der Waals surface area (Å²) in [4.78, 5) is 1.29. The summed E-state index contributed by atoms with van der Waals surface area (Å²) in [6.07, 6.45) is 2.09. The van der Waals surface area contributed by atoms with Crippen molar-refractivity contribution in [2.24, 2.45) is 0 Å². The van der Waals surface area contributed by atoms with Crippen molar-refractivity contribution in [3.8, 4) is 0 Å². The molecule has 0 heterocycles. The molecule has 0 bridgehead atoms. The molecule has 0 aromatic heterocycles. The van der Waals surface area contributed by atoms with Crippen LogP contribution in [0.2, 0.25) is 5.02 Å². The molecule has 1 nitrogen and oxygen atoms in total. The Bertz CT molecular complexity index is 493. The number of hydrogen-bond acceptors (Lipinski definition) is 2. The van der Waals surface area contributed by atoms with Crippen LogP contribution in [0.15, 0.2) is 53.4 Å². The zero-order valence-corrected chi connectivity index (χ0v) is 12.1. The van der Waals surface area contributed by atoms with Crippen molar-refractivity contribution in [1.29, 1.82) is 0 Å². The summed E-state index contributed by atoms with van der Waals surface area (Å²) in [7, 11) is 0. The van der Waals surface area contributed by atoms with Crippen molar-refractivity contribution in [3.05, 3.63) is 59.1 Å². The Kier molecular flexibility index (Phi) is 4.56. The number of nitrogens with one attached hydrogen (secondary N) is 1. The Labute approximate surface area is 118 Å². The largest absolute Gasteiger partial charge is 0.379 e. The van der Waals surface area contributed by atoms with E-state index in [4.69, 9.17) is 11.6 Å². The molecule has 1 unspecified atom stereocenters.